The lowest BCUT2D eigenvalue weighted by Gasteiger charge is -2.10. The maximum absolute atomic E-state index is 11.9. The van der Waals surface area contributed by atoms with Gasteiger partial charge in [0.15, 0.2) is 6.61 Å². The highest BCUT2D eigenvalue weighted by Gasteiger charge is 2.28. The molecule has 7 heteroatoms. The van der Waals surface area contributed by atoms with E-state index in [-0.39, 0.29) is 11.3 Å². The molecule has 2 aromatic rings. The molecule has 3 N–H and O–H groups in total. The summed E-state index contributed by atoms with van der Waals surface area (Å²) in [6, 6.07) is 10.2. The topological polar surface area (TPSA) is 64.4 Å². The van der Waals surface area contributed by atoms with Crippen LogP contribution in [0, 0.1) is 0 Å². The Balaban J connectivity index is 2.15. The second-order valence-corrected chi connectivity index (χ2v) is 4.12. The van der Waals surface area contributed by atoms with E-state index in [4.69, 9.17) is 5.73 Å². The molecule has 0 radical (unpaired) electrons. The summed E-state index contributed by atoms with van der Waals surface area (Å²) in [7, 11) is 0. The van der Waals surface area contributed by atoms with Crippen LogP contribution in [-0.4, -0.2) is 18.7 Å². The highest BCUT2D eigenvalue weighted by Crippen LogP contribution is 2.22. The fourth-order valence-corrected chi connectivity index (χ4v) is 1.69. The minimum atomic E-state index is -4.51. The van der Waals surface area contributed by atoms with E-state index in [0.717, 1.165) is 10.8 Å². The first kappa shape index (κ1) is 14.1. The first-order valence-electron chi connectivity index (χ1n) is 5.64. The highest BCUT2D eigenvalue weighted by molar-refractivity contribution is 6.03. The molecular formula is C13H11F3N2O2. The lowest BCUT2D eigenvalue weighted by Crippen LogP contribution is -2.30. The normalized spacial score (nSPS) is 11.6. The maximum Gasteiger partial charge on any atom is 0.414 e. The third-order valence-electron chi connectivity index (χ3n) is 2.56. The quantitative estimate of drug-likeness (QED) is 0.672. The molecule has 0 aliphatic rings. The average Bonchev–Trinajstić information content (AvgIpc) is 2.36. The van der Waals surface area contributed by atoms with Crippen molar-refractivity contribution in [2.24, 2.45) is 0 Å². The SMILES string of the molecule is Nc1cc2ccccc2cc1C(=O)NOCC(F)(F)F. The maximum atomic E-state index is 11.9. The van der Waals surface area contributed by atoms with Gasteiger partial charge >= 0.3 is 6.18 Å². The third-order valence-corrected chi connectivity index (χ3v) is 2.56. The molecule has 0 saturated heterocycles. The number of alkyl halides is 3. The molecule has 0 aliphatic carbocycles. The van der Waals surface area contributed by atoms with Gasteiger partial charge in [0.2, 0.25) is 0 Å². The van der Waals surface area contributed by atoms with Gasteiger partial charge in [0.25, 0.3) is 5.91 Å². The van der Waals surface area contributed by atoms with Gasteiger partial charge in [-0.05, 0) is 22.9 Å². The lowest BCUT2D eigenvalue weighted by atomic mass is 10.0. The van der Waals surface area contributed by atoms with Crippen LogP contribution in [0.15, 0.2) is 36.4 Å². The molecule has 0 saturated carbocycles. The largest absolute Gasteiger partial charge is 0.414 e. The van der Waals surface area contributed by atoms with Crippen LogP contribution in [0.2, 0.25) is 0 Å². The second-order valence-electron chi connectivity index (χ2n) is 4.12. The van der Waals surface area contributed by atoms with Gasteiger partial charge in [-0.1, -0.05) is 24.3 Å². The second kappa shape index (κ2) is 5.38. The summed E-state index contributed by atoms with van der Waals surface area (Å²) in [6.45, 7) is -1.56. The van der Waals surface area contributed by atoms with Crippen molar-refractivity contribution >= 4 is 22.4 Å². The van der Waals surface area contributed by atoms with Gasteiger partial charge < -0.3 is 5.73 Å². The molecule has 106 valence electrons. The number of halogens is 3. The van der Waals surface area contributed by atoms with Crippen LogP contribution in [0.5, 0.6) is 0 Å². The highest BCUT2D eigenvalue weighted by atomic mass is 19.4. The fourth-order valence-electron chi connectivity index (χ4n) is 1.69. The van der Waals surface area contributed by atoms with Crippen molar-refractivity contribution in [1.82, 2.24) is 5.48 Å². The number of rotatable bonds is 3. The zero-order chi connectivity index (χ0) is 14.8. The van der Waals surface area contributed by atoms with Gasteiger partial charge in [0, 0.05) is 5.69 Å². The van der Waals surface area contributed by atoms with Crippen LogP contribution in [0.4, 0.5) is 18.9 Å². The number of benzene rings is 2. The number of hydroxylamine groups is 1. The Bertz CT molecular complexity index is 641. The van der Waals surface area contributed by atoms with Crippen LogP contribution >= 0.6 is 0 Å². The molecule has 4 nitrogen and oxygen atoms in total. The van der Waals surface area contributed by atoms with Crippen LogP contribution in [0.25, 0.3) is 10.8 Å². The summed E-state index contributed by atoms with van der Waals surface area (Å²) in [5.74, 6) is -0.822. The molecule has 0 aromatic heterocycles. The van der Waals surface area contributed by atoms with E-state index in [9.17, 15) is 18.0 Å². The average molecular weight is 284 g/mol. The summed E-state index contributed by atoms with van der Waals surface area (Å²) in [6.07, 6.45) is -4.51. The molecule has 20 heavy (non-hydrogen) atoms. The minimum Gasteiger partial charge on any atom is -0.398 e. The van der Waals surface area contributed by atoms with E-state index in [0.29, 0.717) is 0 Å². The van der Waals surface area contributed by atoms with Crippen molar-refractivity contribution < 1.29 is 22.8 Å². The molecule has 0 bridgehead atoms. The Morgan fingerprint density at radius 3 is 2.40 bits per heavy atom. The summed E-state index contributed by atoms with van der Waals surface area (Å²) in [5.41, 5.74) is 7.65. The minimum absolute atomic E-state index is 0.0610. The molecule has 0 fully saturated rings. The van der Waals surface area contributed by atoms with Gasteiger partial charge in [0.05, 0.1) is 5.56 Å². The molecule has 1 amide bonds. The number of nitrogens with two attached hydrogens (primary N) is 1. The number of nitrogens with one attached hydrogen (secondary N) is 1. The zero-order valence-electron chi connectivity index (χ0n) is 10.2. The number of hydrogen-bond donors (Lipinski definition) is 2. The molecule has 0 unspecified atom stereocenters. The fraction of sp³-hybridized carbons (Fsp3) is 0.154. The van der Waals surface area contributed by atoms with Gasteiger partial charge in [-0.15, -0.1) is 0 Å². The van der Waals surface area contributed by atoms with Gasteiger partial charge in [-0.25, -0.2) is 5.48 Å². The first-order valence-corrected chi connectivity index (χ1v) is 5.64. The molecule has 0 aliphatic heterocycles. The zero-order valence-corrected chi connectivity index (χ0v) is 10.2. The van der Waals surface area contributed by atoms with E-state index in [1.54, 1.807) is 23.7 Å². The summed E-state index contributed by atoms with van der Waals surface area (Å²) >= 11 is 0. The van der Waals surface area contributed by atoms with Crippen LogP contribution in [0.1, 0.15) is 10.4 Å². The molecule has 0 heterocycles. The van der Waals surface area contributed by atoms with E-state index >= 15 is 0 Å². The molecule has 0 atom stereocenters. The third kappa shape index (κ3) is 3.39. The van der Waals surface area contributed by atoms with Gasteiger partial charge in [0.1, 0.15) is 0 Å². The molecular weight excluding hydrogens is 273 g/mol. The number of fused-ring (bicyclic) bond motifs is 1. The van der Waals surface area contributed by atoms with Crippen molar-refractivity contribution in [3.8, 4) is 0 Å². The Kier molecular flexibility index (Phi) is 3.80. The standard InChI is InChI=1S/C13H11F3N2O2/c14-13(15,16)7-20-18-12(19)10-5-8-3-1-2-4-9(8)6-11(10)17/h1-6H,7,17H2,(H,18,19). The Morgan fingerprint density at radius 1 is 1.20 bits per heavy atom. The predicted molar refractivity (Wildman–Crippen MR) is 67.8 cm³/mol. The summed E-state index contributed by atoms with van der Waals surface area (Å²) in [4.78, 5) is 15.8. The number of hydrogen-bond acceptors (Lipinski definition) is 3. The van der Waals surface area contributed by atoms with E-state index in [1.165, 1.54) is 6.07 Å². The summed E-state index contributed by atoms with van der Waals surface area (Å²) < 4.78 is 35.7. The molecule has 0 spiro atoms. The van der Waals surface area contributed by atoms with Crippen LogP contribution in [0.3, 0.4) is 0 Å². The molecule has 2 rings (SSSR count). The van der Waals surface area contributed by atoms with Crippen LogP contribution < -0.4 is 11.2 Å². The number of amides is 1. The van der Waals surface area contributed by atoms with E-state index in [2.05, 4.69) is 4.84 Å². The van der Waals surface area contributed by atoms with Crippen molar-refractivity contribution in [2.75, 3.05) is 12.3 Å². The summed E-state index contributed by atoms with van der Waals surface area (Å²) in [5, 5.41) is 1.58. The lowest BCUT2D eigenvalue weighted by molar-refractivity contribution is -0.184. The first-order chi connectivity index (χ1) is 9.37. The number of anilines is 1. The number of carbonyl (C=O) groups is 1. The van der Waals surface area contributed by atoms with Gasteiger partial charge in [-0.3, -0.25) is 9.63 Å². The number of carbonyl (C=O) groups excluding carboxylic acids is 1. The van der Waals surface area contributed by atoms with Gasteiger partial charge in [-0.2, -0.15) is 13.2 Å². The Hall–Kier alpha value is -2.28. The van der Waals surface area contributed by atoms with E-state index < -0.39 is 18.7 Å². The predicted octanol–water partition coefficient (Wildman–Crippen LogP) is 2.65. The smallest absolute Gasteiger partial charge is 0.398 e. The van der Waals surface area contributed by atoms with Crippen molar-refractivity contribution in [3.05, 3.63) is 42.0 Å². The Labute approximate surface area is 112 Å². The monoisotopic (exact) mass is 284 g/mol. The van der Waals surface area contributed by atoms with Crippen molar-refractivity contribution in [3.63, 3.8) is 0 Å². The van der Waals surface area contributed by atoms with E-state index in [1.807, 2.05) is 12.1 Å². The Morgan fingerprint density at radius 2 is 1.80 bits per heavy atom. The number of nitrogen functional groups attached to an aromatic ring is 1. The van der Waals surface area contributed by atoms with Crippen molar-refractivity contribution in [2.45, 2.75) is 6.18 Å². The van der Waals surface area contributed by atoms with Crippen molar-refractivity contribution in [1.29, 1.82) is 0 Å². The molecule has 2 aromatic carbocycles. The van der Waals surface area contributed by atoms with Crippen LogP contribution in [-0.2, 0) is 4.84 Å².